The number of hydrogen-bond acceptors (Lipinski definition) is 5. The van der Waals surface area contributed by atoms with Crippen molar-refractivity contribution in [1.29, 1.82) is 0 Å². The van der Waals surface area contributed by atoms with Crippen LogP contribution in [0.4, 0.5) is 0 Å². The summed E-state index contributed by atoms with van der Waals surface area (Å²) < 4.78 is 27.8. The van der Waals surface area contributed by atoms with Gasteiger partial charge in [0, 0.05) is 30.2 Å². The molecular formula is C17H21N3O4S. The first kappa shape index (κ1) is 17.6. The molecule has 134 valence electrons. The smallest absolute Gasteiger partial charge is 0.254 e. The van der Waals surface area contributed by atoms with Gasteiger partial charge in [-0.3, -0.25) is 9.78 Å². The molecule has 0 aliphatic carbocycles. The molecule has 1 aromatic heterocycles. The summed E-state index contributed by atoms with van der Waals surface area (Å²) in [5.41, 5.74) is 2.01. The number of rotatable bonds is 4. The van der Waals surface area contributed by atoms with Gasteiger partial charge in [0.05, 0.1) is 23.9 Å². The minimum Gasteiger partial charge on any atom is -0.497 e. The Morgan fingerprint density at radius 2 is 2.16 bits per heavy atom. The topological polar surface area (TPSA) is 103 Å². The number of primary sulfonamides is 1. The number of aromatic nitrogens is 1. The summed E-state index contributed by atoms with van der Waals surface area (Å²) in [6.45, 7) is 2.76. The molecule has 7 nitrogen and oxygen atoms in total. The number of aryl methyl sites for hydroxylation is 1. The van der Waals surface area contributed by atoms with E-state index in [-0.39, 0.29) is 17.6 Å². The number of ether oxygens (including phenoxy) is 1. The summed E-state index contributed by atoms with van der Waals surface area (Å²) in [7, 11) is -1.95. The van der Waals surface area contributed by atoms with Crippen LogP contribution in [0.3, 0.4) is 0 Å². The number of sulfonamides is 1. The number of fused-ring (bicyclic) bond motifs is 1. The van der Waals surface area contributed by atoms with Crippen molar-refractivity contribution < 1.29 is 17.9 Å². The maximum absolute atomic E-state index is 13.0. The number of methoxy groups -OCH3 is 1. The van der Waals surface area contributed by atoms with Crippen LogP contribution in [0.5, 0.6) is 5.75 Å². The number of amides is 1. The Morgan fingerprint density at radius 1 is 1.40 bits per heavy atom. The van der Waals surface area contributed by atoms with Crippen molar-refractivity contribution in [2.24, 2.45) is 11.1 Å². The molecule has 1 fully saturated rings. The molecule has 2 aromatic rings. The second kappa shape index (κ2) is 6.61. The molecule has 1 atom stereocenters. The molecule has 0 unspecified atom stereocenters. The second-order valence-electron chi connectivity index (χ2n) is 6.43. The monoisotopic (exact) mass is 363 g/mol. The normalized spacial score (nSPS) is 17.9. The number of carbonyl (C=O) groups is 1. The summed E-state index contributed by atoms with van der Waals surface area (Å²) in [6.07, 6.45) is 0.637. The first-order valence-corrected chi connectivity index (χ1v) is 9.73. The molecule has 1 saturated heterocycles. The quantitative estimate of drug-likeness (QED) is 0.882. The lowest BCUT2D eigenvalue weighted by atomic mass is 10.1. The number of nitrogens with two attached hydrogens (primary N) is 1. The fraction of sp³-hybridized carbons (Fsp3) is 0.412. The van der Waals surface area contributed by atoms with Crippen molar-refractivity contribution in [2.75, 3.05) is 26.0 Å². The van der Waals surface area contributed by atoms with E-state index >= 15 is 0 Å². The van der Waals surface area contributed by atoms with Crippen molar-refractivity contribution in [2.45, 2.75) is 13.3 Å². The lowest BCUT2D eigenvalue weighted by molar-refractivity contribution is 0.0790. The standard InChI is InChI=1S/C17H21N3O4S/c1-11-7-15(14-4-3-13(24-2)8-16(14)19-11)17(21)20-6-5-12(9-20)10-25(18,22)23/h3-4,7-8,12H,5-6,9-10H2,1-2H3,(H2,18,22,23)/t12-/m1/s1. The summed E-state index contributed by atoms with van der Waals surface area (Å²) in [6, 6.07) is 7.19. The van der Waals surface area contributed by atoms with Crippen LogP contribution in [-0.4, -0.2) is 50.2 Å². The number of benzene rings is 1. The highest BCUT2D eigenvalue weighted by Crippen LogP contribution is 2.26. The average Bonchev–Trinajstić information content (AvgIpc) is 2.99. The van der Waals surface area contributed by atoms with Crippen LogP contribution in [0.2, 0.25) is 0 Å². The van der Waals surface area contributed by atoms with Crippen molar-refractivity contribution in [3.63, 3.8) is 0 Å². The maximum atomic E-state index is 13.0. The fourth-order valence-electron chi connectivity index (χ4n) is 3.30. The van der Waals surface area contributed by atoms with E-state index in [0.29, 0.717) is 36.3 Å². The maximum Gasteiger partial charge on any atom is 0.254 e. The van der Waals surface area contributed by atoms with Gasteiger partial charge in [0.15, 0.2) is 0 Å². The first-order chi connectivity index (χ1) is 11.8. The molecule has 0 spiro atoms. The van der Waals surface area contributed by atoms with Gasteiger partial charge in [-0.05, 0) is 37.5 Å². The van der Waals surface area contributed by atoms with Gasteiger partial charge in [0.2, 0.25) is 10.0 Å². The van der Waals surface area contributed by atoms with E-state index < -0.39 is 10.0 Å². The number of pyridine rings is 1. The van der Waals surface area contributed by atoms with Crippen LogP contribution in [0.25, 0.3) is 10.9 Å². The summed E-state index contributed by atoms with van der Waals surface area (Å²) >= 11 is 0. The Morgan fingerprint density at radius 3 is 2.84 bits per heavy atom. The lowest BCUT2D eigenvalue weighted by Crippen LogP contribution is -2.31. The molecule has 3 rings (SSSR count). The van der Waals surface area contributed by atoms with Crippen molar-refractivity contribution in [1.82, 2.24) is 9.88 Å². The molecule has 2 heterocycles. The van der Waals surface area contributed by atoms with E-state index in [1.54, 1.807) is 30.2 Å². The molecular weight excluding hydrogens is 342 g/mol. The Kier molecular flexibility index (Phi) is 4.66. The molecule has 1 amide bonds. The van der Waals surface area contributed by atoms with Gasteiger partial charge < -0.3 is 9.64 Å². The summed E-state index contributed by atoms with van der Waals surface area (Å²) in [5.74, 6) is 0.355. The molecule has 0 radical (unpaired) electrons. The SMILES string of the molecule is COc1ccc2c(C(=O)N3CC[C@@H](CS(N)(=O)=O)C3)cc(C)nc2c1. The second-order valence-corrected chi connectivity index (χ2v) is 8.09. The van der Waals surface area contributed by atoms with E-state index in [9.17, 15) is 13.2 Å². The predicted molar refractivity (Wildman–Crippen MR) is 95.0 cm³/mol. The van der Waals surface area contributed by atoms with Crippen LogP contribution in [-0.2, 0) is 10.0 Å². The predicted octanol–water partition coefficient (Wildman–Crippen LogP) is 1.30. The molecule has 0 bridgehead atoms. The van der Waals surface area contributed by atoms with E-state index in [0.717, 1.165) is 11.1 Å². The highest BCUT2D eigenvalue weighted by atomic mass is 32.2. The number of hydrogen-bond donors (Lipinski definition) is 1. The molecule has 1 aliphatic rings. The van der Waals surface area contributed by atoms with Crippen molar-refractivity contribution in [3.8, 4) is 5.75 Å². The minimum absolute atomic E-state index is 0.0932. The van der Waals surface area contributed by atoms with Gasteiger partial charge in [0.25, 0.3) is 5.91 Å². The van der Waals surface area contributed by atoms with Crippen LogP contribution in [0.15, 0.2) is 24.3 Å². The van der Waals surface area contributed by atoms with Crippen molar-refractivity contribution in [3.05, 3.63) is 35.5 Å². The number of nitrogens with zero attached hydrogens (tertiary/aromatic N) is 2. The fourth-order valence-corrected chi connectivity index (χ4v) is 4.23. The zero-order valence-electron chi connectivity index (χ0n) is 14.2. The summed E-state index contributed by atoms with van der Waals surface area (Å²) in [5, 5.41) is 5.87. The number of likely N-dealkylation sites (tertiary alicyclic amines) is 1. The van der Waals surface area contributed by atoms with Gasteiger partial charge in [-0.25, -0.2) is 13.6 Å². The van der Waals surface area contributed by atoms with E-state index in [2.05, 4.69) is 4.98 Å². The zero-order valence-corrected chi connectivity index (χ0v) is 15.0. The highest BCUT2D eigenvalue weighted by Gasteiger charge is 2.30. The first-order valence-electron chi connectivity index (χ1n) is 8.02. The third-order valence-corrected chi connectivity index (χ3v) is 5.35. The third kappa shape index (κ3) is 3.91. The van der Waals surface area contributed by atoms with Crippen LogP contribution in [0, 0.1) is 12.8 Å². The molecule has 8 heteroatoms. The summed E-state index contributed by atoms with van der Waals surface area (Å²) in [4.78, 5) is 19.1. The average molecular weight is 363 g/mol. The zero-order chi connectivity index (χ0) is 18.2. The van der Waals surface area contributed by atoms with Crippen LogP contribution in [0.1, 0.15) is 22.5 Å². The largest absolute Gasteiger partial charge is 0.497 e. The number of carbonyl (C=O) groups excluding carboxylic acids is 1. The van der Waals surface area contributed by atoms with Crippen molar-refractivity contribution >= 4 is 26.8 Å². The third-order valence-electron chi connectivity index (χ3n) is 4.42. The van der Waals surface area contributed by atoms with Gasteiger partial charge >= 0.3 is 0 Å². The van der Waals surface area contributed by atoms with Gasteiger partial charge in [0.1, 0.15) is 5.75 Å². The van der Waals surface area contributed by atoms with E-state index in [1.807, 2.05) is 13.0 Å². The molecule has 1 aromatic carbocycles. The van der Waals surface area contributed by atoms with E-state index in [4.69, 9.17) is 9.88 Å². The molecule has 25 heavy (non-hydrogen) atoms. The van der Waals surface area contributed by atoms with Gasteiger partial charge in [-0.2, -0.15) is 0 Å². The lowest BCUT2D eigenvalue weighted by Gasteiger charge is -2.18. The highest BCUT2D eigenvalue weighted by molar-refractivity contribution is 7.89. The minimum atomic E-state index is -3.53. The Hall–Kier alpha value is -2.19. The van der Waals surface area contributed by atoms with E-state index in [1.165, 1.54) is 0 Å². The molecule has 1 aliphatic heterocycles. The molecule has 2 N–H and O–H groups in total. The Bertz CT molecular complexity index is 927. The van der Waals surface area contributed by atoms with Crippen LogP contribution < -0.4 is 9.88 Å². The Balaban J connectivity index is 1.90. The van der Waals surface area contributed by atoms with Gasteiger partial charge in [-0.1, -0.05) is 0 Å². The Labute approximate surface area is 146 Å². The van der Waals surface area contributed by atoms with Gasteiger partial charge in [-0.15, -0.1) is 0 Å². The molecule has 0 saturated carbocycles. The van der Waals surface area contributed by atoms with Crippen LogP contribution >= 0.6 is 0 Å².